The van der Waals surface area contributed by atoms with Crippen LogP contribution in [0.5, 0.6) is 5.75 Å². The van der Waals surface area contributed by atoms with Gasteiger partial charge in [0.2, 0.25) is 0 Å². The lowest BCUT2D eigenvalue weighted by Gasteiger charge is -2.19. The Kier molecular flexibility index (Phi) is 11.7. The summed E-state index contributed by atoms with van der Waals surface area (Å²) in [6, 6.07) is 16.5. The number of amides is 2. The second-order valence-corrected chi connectivity index (χ2v) is 12.0. The van der Waals surface area contributed by atoms with Gasteiger partial charge in [-0.2, -0.15) is 0 Å². The van der Waals surface area contributed by atoms with Crippen LogP contribution in [0.1, 0.15) is 54.4 Å². The van der Waals surface area contributed by atoms with Crippen LogP contribution in [0.3, 0.4) is 0 Å². The van der Waals surface area contributed by atoms with Crippen LogP contribution in [0, 0.1) is 6.92 Å². The van der Waals surface area contributed by atoms with Crippen molar-refractivity contribution in [3.05, 3.63) is 94.4 Å². The van der Waals surface area contributed by atoms with Gasteiger partial charge in [0.1, 0.15) is 17.0 Å². The van der Waals surface area contributed by atoms with Crippen LogP contribution in [-0.4, -0.2) is 47.9 Å². The van der Waals surface area contributed by atoms with E-state index in [0.29, 0.717) is 41.7 Å². The largest absolute Gasteiger partial charge is 0.496 e. The first kappa shape index (κ1) is 34.3. The van der Waals surface area contributed by atoms with Crippen molar-refractivity contribution < 1.29 is 23.5 Å². The molecule has 0 fully saturated rings. The number of hydrogen-bond acceptors (Lipinski definition) is 7. The molecule has 4 aromatic rings. The molecule has 0 aliphatic carbocycles. The molecule has 2 amide bonds. The Balaban J connectivity index is 1.50. The van der Waals surface area contributed by atoms with Gasteiger partial charge in [-0.1, -0.05) is 41.9 Å². The van der Waals surface area contributed by atoms with Gasteiger partial charge in [-0.15, -0.1) is 0 Å². The van der Waals surface area contributed by atoms with Crippen LogP contribution < -0.4 is 20.7 Å². The highest BCUT2D eigenvalue weighted by atomic mass is 35.5. The minimum absolute atomic E-state index is 0.218. The zero-order valence-electron chi connectivity index (χ0n) is 26.7. The second kappa shape index (κ2) is 15.6. The molecule has 3 N–H and O–H groups in total. The first-order valence-corrected chi connectivity index (χ1v) is 15.3. The highest BCUT2D eigenvalue weighted by Crippen LogP contribution is 2.39. The molecule has 9 nitrogen and oxygen atoms in total. The smallest absolute Gasteiger partial charge is 0.407 e. The molecule has 0 aliphatic rings. The number of carbonyl (C=O) groups is 2. The van der Waals surface area contributed by atoms with Crippen molar-refractivity contribution in [1.82, 2.24) is 20.6 Å². The van der Waals surface area contributed by atoms with Crippen molar-refractivity contribution in [2.75, 3.05) is 25.6 Å². The minimum Gasteiger partial charge on any atom is -0.496 e. The van der Waals surface area contributed by atoms with Gasteiger partial charge in [-0.25, -0.2) is 4.79 Å². The summed E-state index contributed by atoms with van der Waals surface area (Å²) in [6.45, 7) is 8.27. The number of anilines is 1. The van der Waals surface area contributed by atoms with Crippen molar-refractivity contribution in [3.63, 3.8) is 0 Å². The van der Waals surface area contributed by atoms with Crippen LogP contribution in [0.25, 0.3) is 22.4 Å². The fourth-order valence-electron chi connectivity index (χ4n) is 4.71. The lowest BCUT2D eigenvalue weighted by molar-refractivity contribution is 0.0523. The average molecular weight is 648 g/mol. The molecule has 46 heavy (non-hydrogen) atoms. The normalized spacial score (nSPS) is 11.2. The number of pyridine rings is 2. The Bertz CT molecular complexity index is 1680. The third-order valence-electron chi connectivity index (χ3n) is 7.02. The Labute approximate surface area is 273 Å². The van der Waals surface area contributed by atoms with E-state index in [4.69, 9.17) is 21.1 Å². The lowest BCUT2D eigenvalue weighted by Crippen LogP contribution is -2.32. The first-order valence-electron chi connectivity index (χ1n) is 14.9. The van der Waals surface area contributed by atoms with Crippen LogP contribution >= 0.6 is 11.6 Å². The first-order chi connectivity index (χ1) is 22.0. The monoisotopic (exact) mass is 647 g/mol. The number of aromatic nitrogens is 2. The lowest BCUT2D eigenvalue weighted by atomic mass is 9.97. The number of halogens is 2. The molecule has 0 atom stereocenters. The van der Waals surface area contributed by atoms with Crippen molar-refractivity contribution in [1.29, 1.82) is 0 Å². The molecule has 0 saturated heterocycles. The van der Waals surface area contributed by atoms with Crippen molar-refractivity contribution >= 4 is 29.3 Å². The van der Waals surface area contributed by atoms with E-state index in [1.807, 2.05) is 49.4 Å². The van der Waals surface area contributed by atoms with Crippen molar-refractivity contribution in [3.8, 4) is 28.1 Å². The minimum atomic E-state index is -0.595. The van der Waals surface area contributed by atoms with Gasteiger partial charge in [-0.05, 0) is 81.6 Å². The molecule has 0 aliphatic heterocycles. The van der Waals surface area contributed by atoms with Crippen LogP contribution in [0.4, 0.5) is 14.9 Å². The summed E-state index contributed by atoms with van der Waals surface area (Å²) in [7, 11) is 1.60. The molecule has 2 aromatic heterocycles. The van der Waals surface area contributed by atoms with E-state index in [1.54, 1.807) is 52.4 Å². The van der Waals surface area contributed by atoms with Gasteiger partial charge in [0.15, 0.2) is 0 Å². The fraction of sp³-hybridized carbons (Fsp3) is 0.314. The average Bonchev–Trinajstić information content (AvgIpc) is 3.03. The van der Waals surface area contributed by atoms with Crippen molar-refractivity contribution in [2.24, 2.45) is 0 Å². The Hall–Kier alpha value is -4.54. The van der Waals surface area contributed by atoms with Gasteiger partial charge >= 0.3 is 6.09 Å². The summed E-state index contributed by atoms with van der Waals surface area (Å²) >= 11 is 6.97. The van der Waals surface area contributed by atoms with Gasteiger partial charge in [-0.3, -0.25) is 19.2 Å². The Morgan fingerprint density at radius 1 is 1.00 bits per heavy atom. The number of carbonyl (C=O) groups excluding carboxylic acids is 2. The van der Waals surface area contributed by atoms with E-state index in [9.17, 15) is 14.0 Å². The number of alkyl halides is 1. The topological polar surface area (TPSA) is 114 Å². The number of hydrogen-bond donors (Lipinski definition) is 3. The maximum absolute atomic E-state index is 13.1. The number of benzene rings is 2. The standard InChI is InChI=1S/C35H39ClFN5O4/c1-22-26(27-14-17-39-32(31(27)36)24-11-12-25(30(18-24)45-5)21-38-16-7-15-37)8-6-9-28(22)42-33(43)29-13-10-23(19-40-29)20-41-34(44)46-35(2,3)4/h6,8-14,17-19,38H,7,15-16,20-21H2,1-5H3,(H,41,44)(H,42,43). The summed E-state index contributed by atoms with van der Waals surface area (Å²) in [5, 5.41) is 9.30. The molecule has 4 rings (SSSR count). The van der Waals surface area contributed by atoms with E-state index in [0.717, 1.165) is 33.4 Å². The Morgan fingerprint density at radius 3 is 2.50 bits per heavy atom. The van der Waals surface area contributed by atoms with Gasteiger partial charge in [0.25, 0.3) is 5.91 Å². The van der Waals surface area contributed by atoms with E-state index >= 15 is 0 Å². The summed E-state index contributed by atoms with van der Waals surface area (Å²) < 4.78 is 23.3. The van der Waals surface area contributed by atoms with E-state index in [1.165, 1.54) is 0 Å². The fourth-order valence-corrected chi connectivity index (χ4v) is 5.03. The van der Waals surface area contributed by atoms with Crippen molar-refractivity contribution in [2.45, 2.75) is 52.8 Å². The van der Waals surface area contributed by atoms with Crippen LogP contribution in [-0.2, 0) is 17.8 Å². The summed E-state index contributed by atoms with van der Waals surface area (Å²) in [5.74, 6) is 0.301. The molecule has 11 heteroatoms. The highest BCUT2D eigenvalue weighted by Gasteiger charge is 2.18. The predicted molar refractivity (Wildman–Crippen MR) is 179 cm³/mol. The Morgan fingerprint density at radius 2 is 1.80 bits per heavy atom. The molecular weight excluding hydrogens is 609 g/mol. The molecule has 0 unspecified atom stereocenters. The van der Waals surface area contributed by atoms with Gasteiger partial charge in [0.05, 0.1) is 24.5 Å². The van der Waals surface area contributed by atoms with E-state index < -0.39 is 11.7 Å². The molecule has 0 radical (unpaired) electrons. The van der Waals surface area contributed by atoms with Gasteiger partial charge in [0, 0.05) is 47.9 Å². The number of ether oxygens (including phenoxy) is 2. The molecular formula is C35H39ClFN5O4. The molecule has 242 valence electrons. The summed E-state index contributed by atoms with van der Waals surface area (Å²) in [6.07, 6.45) is 3.17. The summed E-state index contributed by atoms with van der Waals surface area (Å²) in [4.78, 5) is 33.9. The predicted octanol–water partition coefficient (Wildman–Crippen LogP) is 7.51. The van der Waals surface area contributed by atoms with Crippen LogP contribution in [0.15, 0.2) is 67.0 Å². The van der Waals surface area contributed by atoms with Gasteiger partial charge < -0.3 is 25.4 Å². The van der Waals surface area contributed by atoms with E-state index in [2.05, 4.69) is 25.9 Å². The molecule has 2 heterocycles. The third kappa shape index (κ3) is 9.02. The maximum atomic E-state index is 13.1. The number of alkyl carbamates (subject to hydrolysis) is 1. The number of nitrogens with zero attached hydrogens (tertiary/aromatic N) is 2. The summed E-state index contributed by atoms with van der Waals surface area (Å²) in [5.41, 5.74) is 5.70. The zero-order chi connectivity index (χ0) is 33.3. The quantitative estimate of drug-likeness (QED) is 0.136. The third-order valence-corrected chi connectivity index (χ3v) is 7.40. The second-order valence-electron chi connectivity index (χ2n) is 11.6. The SMILES string of the molecule is COc1cc(-c2nccc(-c3cccc(NC(=O)c4ccc(CNC(=O)OC(C)(C)C)cn4)c3C)c2Cl)ccc1CNCCCF. The highest BCUT2D eigenvalue weighted by molar-refractivity contribution is 6.35. The van der Waals surface area contributed by atoms with E-state index in [-0.39, 0.29) is 24.8 Å². The van der Waals surface area contributed by atoms with Crippen LogP contribution in [0.2, 0.25) is 5.02 Å². The molecule has 0 saturated carbocycles. The molecule has 0 bridgehead atoms. The zero-order valence-corrected chi connectivity index (χ0v) is 27.4. The maximum Gasteiger partial charge on any atom is 0.407 e. The number of rotatable bonds is 12. The number of nitrogens with one attached hydrogen (secondary N) is 3. The number of methoxy groups -OCH3 is 1. The molecule has 2 aromatic carbocycles. The molecule has 0 spiro atoms.